The Bertz CT molecular complexity index is 852. The average molecular weight is 447 g/mol. The SMILES string of the molecule is O=C(Nc1ccc(OC(F)(F)F)cc1)C1CCN(Cc2ccc(Cl)cc2Cl)CC1. The van der Waals surface area contributed by atoms with Gasteiger partial charge in [0.05, 0.1) is 0 Å². The summed E-state index contributed by atoms with van der Waals surface area (Å²) >= 11 is 12.1. The summed E-state index contributed by atoms with van der Waals surface area (Å²) in [6.45, 7) is 2.18. The maximum Gasteiger partial charge on any atom is 0.573 e. The Morgan fingerprint density at radius 3 is 2.34 bits per heavy atom. The number of hydrogen-bond donors (Lipinski definition) is 1. The van der Waals surface area contributed by atoms with Crippen LogP contribution < -0.4 is 10.1 Å². The second-order valence-corrected chi connectivity index (χ2v) is 7.69. The van der Waals surface area contributed by atoms with Gasteiger partial charge in [0.15, 0.2) is 0 Å². The molecule has 1 N–H and O–H groups in total. The van der Waals surface area contributed by atoms with Crippen LogP contribution in [0.25, 0.3) is 0 Å². The predicted molar refractivity (Wildman–Crippen MR) is 106 cm³/mol. The van der Waals surface area contributed by atoms with E-state index in [4.69, 9.17) is 23.2 Å². The third kappa shape index (κ3) is 6.52. The molecule has 2 aromatic rings. The summed E-state index contributed by atoms with van der Waals surface area (Å²) in [6, 6.07) is 10.5. The monoisotopic (exact) mass is 446 g/mol. The van der Waals surface area contributed by atoms with Crippen molar-refractivity contribution in [2.24, 2.45) is 5.92 Å². The van der Waals surface area contributed by atoms with Gasteiger partial charge >= 0.3 is 6.36 Å². The van der Waals surface area contributed by atoms with E-state index < -0.39 is 6.36 Å². The zero-order chi connectivity index (χ0) is 21.0. The Balaban J connectivity index is 1.48. The fourth-order valence-corrected chi connectivity index (χ4v) is 3.70. The normalized spacial score (nSPS) is 15.9. The van der Waals surface area contributed by atoms with E-state index in [1.54, 1.807) is 12.1 Å². The van der Waals surface area contributed by atoms with Crippen LogP contribution in [-0.4, -0.2) is 30.3 Å². The molecule has 0 unspecified atom stereocenters. The molecule has 1 aliphatic rings. The second kappa shape index (κ2) is 9.24. The number of ether oxygens (including phenoxy) is 1. The molecule has 0 spiro atoms. The number of nitrogens with one attached hydrogen (secondary N) is 1. The van der Waals surface area contributed by atoms with Crippen molar-refractivity contribution in [3.63, 3.8) is 0 Å². The van der Waals surface area contributed by atoms with Gasteiger partial charge in [-0.3, -0.25) is 9.69 Å². The molecular weight excluding hydrogens is 428 g/mol. The van der Waals surface area contributed by atoms with Crippen LogP contribution in [0.5, 0.6) is 5.75 Å². The summed E-state index contributed by atoms with van der Waals surface area (Å²) < 4.78 is 40.4. The minimum absolute atomic E-state index is 0.140. The quantitative estimate of drug-likeness (QED) is 0.636. The van der Waals surface area contributed by atoms with Crippen molar-refractivity contribution >= 4 is 34.8 Å². The third-order valence-corrected chi connectivity index (χ3v) is 5.31. The summed E-state index contributed by atoms with van der Waals surface area (Å²) in [4.78, 5) is 14.7. The Morgan fingerprint density at radius 1 is 1.10 bits per heavy atom. The summed E-state index contributed by atoms with van der Waals surface area (Å²) in [5, 5.41) is 3.96. The number of benzene rings is 2. The van der Waals surface area contributed by atoms with Crippen molar-refractivity contribution in [2.75, 3.05) is 18.4 Å². The van der Waals surface area contributed by atoms with Gasteiger partial charge in [0, 0.05) is 28.2 Å². The maximum atomic E-state index is 12.5. The molecule has 0 atom stereocenters. The van der Waals surface area contributed by atoms with Crippen LogP contribution >= 0.6 is 23.2 Å². The molecule has 0 bridgehead atoms. The van der Waals surface area contributed by atoms with Crippen LogP contribution in [0.2, 0.25) is 10.0 Å². The van der Waals surface area contributed by atoms with Crippen molar-refractivity contribution in [3.8, 4) is 5.75 Å². The number of hydrogen-bond acceptors (Lipinski definition) is 3. The first-order chi connectivity index (χ1) is 13.7. The highest BCUT2D eigenvalue weighted by molar-refractivity contribution is 6.35. The minimum Gasteiger partial charge on any atom is -0.406 e. The topological polar surface area (TPSA) is 41.6 Å². The number of alkyl halides is 3. The van der Waals surface area contributed by atoms with E-state index >= 15 is 0 Å². The fraction of sp³-hybridized carbons (Fsp3) is 0.350. The molecule has 1 amide bonds. The molecule has 9 heteroatoms. The average Bonchev–Trinajstić information content (AvgIpc) is 2.65. The van der Waals surface area contributed by atoms with Gasteiger partial charge in [-0.05, 0) is 67.9 Å². The van der Waals surface area contributed by atoms with Crippen LogP contribution in [0.1, 0.15) is 18.4 Å². The van der Waals surface area contributed by atoms with Crippen LogP contribution in [0.3, 0.4) is 0 Å². The number of amides is 1. The fourth-order valence-electron chi connectivity index (χ4n) is 3.23. The van der Waals surface area contributed by atoms with E-state index in [-0.39, 0.29) is 17.6 Å². The van der Waals surface area contributed by atoms with Gasteiger partial charge in [-0.25, -0.2) is 0 Å². The van der Waals surface area contributed by atoms with Crippen molar-refractivity contribution in [2.45, 2.75) is 25.7 Å². The molecule has 2 aromatic carbocycles. The standard InChI is InChI=1S/C20H19Cl2F3N2O2/c21-15-2-1-14(18(22)11-15)12-27-9-7-13(8-10-27)19(28)26-16-3-5-17(6-4-16)29-20(23,24)25/h1-6,11,13H,7-10,12H2,(H,26,28). The second-order valence-electron chi connectivity index (χ2n) is 6.85. The molecule has 0 aliphatic carbocycles. The van der Waals surface area contributed by atoms with Crippen molar-refractivity contribution in [1.82, 2.24) is 4.90 Å². The molecule has 1 heterocycles. The molecule has 29 heavy (non-hydrogen) atoms. The van der Waals surface area contributed by atoms with Crippen molar-refractivity contribution in [1.29, 1.82) is 0 Å². The molecular formula is C20H19Cl2F3N2O2. The van der Waals surface area contributed by atoms with Crippen LogP contribution in [0.4, 0.5) is 18.9 Å². The number of carbonyl (C=O) groups excluding carboxylic acids is 1. The summed E-state index contributed by atoms with van der Waals surface area (Å²) in [7, 11) is 0. The minimum atomic E-state index is -4.74. The highest BCUT2D eigenvalue weighted by Crippen LogP contribution is 2.27. The molecule has 4 nitrogen and oxygen atoms in total. The lowest BCUT2D eigenvalue weighted by atomic mass is 9.95. The maximum absolute atomic E-state index is 12.5. The first kappa shape index (κ1) is 21.7. The number of rotatable bonds is 5. The van der Waals surface area contributed by atoms with E-state index in [0.717, 1.165) is 18.7 Å². The molecule has 0 radical (unpaired) electrons. The summed E-state index contributed by atoms with van der Waals surface area (Å²) in [5.41, 5.74) is 1.42. The van der Waals surface area contributed by atoms with Gasteiger partial charge in [0.1, 0.15) is 5.75 Å². The highest BCUT2D eigenvalue weighted by Gasteiger charge is 2.31. The number of anilines is 1. The highest BCUT2D eigenvalue weighted by atomic mass is 35.5. The van der Waals surface area contributed by atoms with E-state index in [1.807, 2.05) is 6.07 Å². The first-order valence-electron chi connectivity index (χ1n) is 9.02. The van der Waals surface area contributed by atoms with Crippen LogP contribution in [-0.2, 0) is 11.3 Å². The van der Waals surface area contributed by atoms with Gasteiger partial charge in [-0.2, -0.15) is 0 Å². The van der Waals surface area contributed by atoms with E-state index in [0.29, 0.717) is 35.1 Å². The summed E-state index contributed by atoms with van der Waals surface area (Å²) in [6.07, 6.45) is -3.37. The van der Waals surface area contributed by atoms with E-state index in [1.165, 1.54) is 24.3 Å². The molecule has 0 saturated carbocycles. The first-order valence-corrected chi connectivity index (χ1v) is 9.78. The smallest absolute Gasteiger partial charge is 0.406 e. The predicted octanol–water partition coefficient (Wildman–Crippen LogP) is 5.74. The molecule has 156 valence electrons. The Morgan fingerprint density at radius 2 is 1.76 bits per heavy atom. The van der Waals surface area contributed by atoms with E-state index in [2.05, 4.69) is 15.0 Å². The van der Waals surface area contributed by atoms with Crippen LogP contribution in [0.15, 0.2) is 42.5 Å². The molecule has 1 saturated heterocycles. The molecule has 3 rings (SSSR count). The number of piperidine rings is 1. The lowest BCUT2D eigenvalue weighted by molar-refractivity contribution is -0.274. The van der Waals surface area contributed by atoms with Gasteiger partial charge in [-0.1, -0.05) is 29.3 Å². The Labute approximate surface area is 176 Å². The Hall–Kier alpha value is -1.96. The molecule has 0 aromatic heterocycles. The van der Waals surface area contributed by atoms with Crippen molar-refractivity contribution < 1.29 is 22.7 Å². The van der Waals surface area contributed by atoms with Crippen LogP contribution in [0, 0.1) is 5.92 Å². The zero-order valence-electron chi connectivity index (χ0n) is 15.3. The van der Waals surface area contributed by atoms with Gasteiger partial charge in [0.2, 0.25) is 5.91 Å². The summed E-state index contributed by atoms with van der Waals surface area (Å²) in [5.74, 6) is -0.624. The van der Waals surface area contributed by atoms with E-state index in [9.17, 15) is 18.0 Å². The lowest BCUT2D eigenvalue weighted by Gasteiger charge is -2.31. The zero-order valence-corrected chi connectivity index (χ0v) is 16.8. The van der Waals surface area contributed by atoms with Gasteiger partial charge in [0.25, 0.3) is 0 Å². The number of nitrogens with zero attached hydrogens (tertiary/aromatic N) is 1. The lowest BCUT2D eigenvalue weighted by Crippen LogP contribution is -2.37. The number of halogens is 5. The molecule has 1 fully saturated rings. The third-order valence-electron chi connectivity index (χ3n) is 4.72. The molecule has 1 aliphatic heterocycles. The largest absolute Gasteiger partial charge is 0.573 e. The van der Waals surface area contributed by atoms with Gasteiger partial charge < -0.3 is 10.1 Å². The Kier molecular flexibility index (Phi) is 6.93. The van der Waals surface area contributed by atoms with Crippen molar-refractivity contribution in [3.05, 3.63) is 58.1 Å². The van der Waals surface area contributed by atoms with Gasteiger partial charge in [-0.15, -0.1) is 13.2 Å². The number of likely N-dealkylation sites (tertiary alicyclic amines) is 1. The number of carbonyl (C=O) groups is 1.